The second-order valence-electron chi connectivity index (χ2n) is 8.08. The monoisotopic (exact) mass is 467 g/mol. The number of furan rings is 1. The van der Waals surface area contributed by atoms with Crippen LogP contribution in [0.3, 0.4) is 0 Å². The van der Waals surface area contributed by atoms with Crippen molar-refractivity contribution in [3.8, 4) is 0 Å². The zero-order valence-corrected chi connectivity index (χ0v) is 18.6. The van der Waals surface area contributed by atoms with Gasteiger partial charge in [0.25, 0.3) is 5.91 Å². The number of aromatic nitrogens is 1. The Kier molecular flexibility index (Phi) is 5.85. The summed E-state index contributed by atoms with van der Waals surface area (Å²) in [6.07, 6.45) is 4.87. The van der Waals surface area contributed by atoms with Gasteiger partial charge in [0.2, 0.25) is 5.91 Å². The number of rotatable bonds is 6. The summed E-state index contributed by atoms with van der Waals surface area (Å²) in [7, 11) is 0. The summed E-state index contributed by atoms with van der Waals surface area (Å²) in [4.78, 5) is 41.6. The lowest BCUT2D eigenvalue weighted by Crippen LogP contribution is -2.22. The SMILES string of the molecule is NC(=O)c1ccc(NC(=O)COC(=O)c2c3c(nc4ccccc24)/C(=C\c2ccco2)CC3)cc1. The van der Waals surface area contributed by atoms with Gasteiger partial charge in [0, 0.05) is 16.6 Å². The van der Waals surface area contributed by atoms with Gasteiger partial charge in [-0.25, -0.2) is 9.78 Å². The number of fused-ring (bicyclic) bond motifs is 2. The molecule has 1 aliphatic rings. The standard InChI is InChI=1S/C27H21N3O5/c28-26(32)16-7-10-18(11-8-16)29-23(31)15-35-27(33)24-20-5-1-2-6-22(20)30-25-17(9-12-21(24)25)14-19-4-3-13-34-19/h1-8,10-11,13-14H,9,12,15H2,(H2,28,32)(H,29,31)/b17-14-. The van der Waals surface area contributed by atoms with E-state index in [1.165, 1.54) is 12.1 Å². The first-order chi connectivity index (χ1) is 17.0. The Balaban J connectivity index is 1.38. The highest BCUT2D eigenvalue weighted by Crippen LogP contribution is 2.37. The summed E-state index contributed by atoms with van der Waals surface area (Å²) in [5.41, 5.74) is 9.62. The van der Waals surface area contributed by atoms with E-state index < -0.39 is 24.4 Å². The highest BCUT2D eigenvalue weighted by Gasteiger charge is 2.28. The van der Waals surface area contributed by atoms with Crippen LogP contribution in [0.2, 0.25) is 0 Å². The minimum Gasteiger partial charge on any atom is -0.465 e. The van der Waals surface area contributed by atoms with Gasteiger partial charge in [-0.05, 0) is 72.5 Å². The average Bonchev–Trinajstić information content (AvgIpc) is 3.52. The van der Waals surface area contributed by atoms with Crippen LogP contribution in [0.1, 0.15) is 44.2 Å². The molecule has 0 aliphatic heterocycles. The van der Waals surface area contributed by atoms with Gasteiger partial charge in [-0.3, -0.25) is 9.59 Å². The van der Waals surface area contributed by atoms with Crippen LogP contribution < -0.4 is 11.1 Å². The lowest BCUT2D eigenvalue weighted by Gasteiger charge is -2.12. The maximum atomic E-state index is 13.2. The first kappa shape index (κ1) is 22.1. The van der Waals surface area contributed by atoms with Gasteiger partial charge in [0.1, 0.15) is 5.76 Å². The molecule has 8 nitrogen and oxygen atoms in total. The van der Waals surface area contributed by atoms with E-state index in [-0.39, 0.29) is 0 Å². The smallest absolute Gasteiger partial charge is 0.339 e. The summed E-state index contributed by atoms with van der Waals surface area (Å²) in [6.45, 7) is -0.461. The fraction of sp³-hybridized carbons (Fsp3) is 0.111. The molecule has 8 heteroatoms. The lowest BCUT2D eigenvalue weighted by molar-refractivity contribution is -0.119. The number of carbonyl (C=O) groups excluding carboxylic acids is 3. The van der Waals surface area contributed by atoms with Gasteiger partial charge < -0.3 is 20.2 Å². The Morgan fingerprint density at radius 2 is 1.83 bits per heavy atom. The predicted molar refractivity (Wildman–Crippen MR) is 131 cm³/mol. The highest BCUT2D eigenvalue weighted by atomic mass is 16.5. The third kappa shape index (κ3) is 4.54. The van der Waals surface area contributed by atoms with Gasteiger partial charge in [-0.1, -0.05) is 18.2 Å². The zero-order chi connectivity index (χ0) is 24.4. The minimum atomic E-state index is -0.585. The van der Waals surface area contributed by atoms with E-state index in [1.807, 2.05) is 42.5 Å². The van der Waals surface area contributed by atoms with Crippen LogP contribution in [0.4, 0.5) is 5.69 Å². The van der Waals surface area contributed by atoms with Crippen LogP contribution in [0.25, 0.3) is 22.6 Å². The Bertz CT molecular complexity index is 1470. The van der Waals surface area contributed by atoms with E-state index in [0.717, 1.165) is 16.8 Å². The molecule has 5 rings (SSSR count). The zero-order valence-electron chi connectivity index (χ0n) is 18.6. The van der Waals surface area contributed by atoms with Crippen LogP contribution >= 0.6 is 0 Å². The van der Waals surface area contributed by atoms with E-state index in [9.17, 15) is 14.4 Å². The van der Waals surface area contributed by atoms with Crippen LogP contribution in [0, 0.1) is 0 Å². The molecule has 0 unspecified atom stereocenters. The molecule has 0 radical (unpaired) electrons. The number of esters is 1. The van der Waals surface area contributed by atoms with Crippen molar-refractivity contribution in [3.63, 3.8) is 0 Å². The molecular weight excluding hydrogens is 446 g/mol. The van der Waals surface area contributed by atoms with E-state index in [0.29, 0.717) is 46.3 Å². The van der Waals surface area contributed by atoms with Crippen LogP contribution in [0.15, 0.2) is 71.3 Å². The molecular formula is C27H21N3O5. The Labute approximate surface area is 200 Å². The molecule has 0 saturated carbocycles. The Hall–Kier alpha value is -4.72. The number of carbonyl (C=O) groups is 3. The molecule has 0 bridgehead atoms. The summed E-state index contributed by atoms with van der Waals surface area (Å²) in [6, 6.07) is 17.2. The Morgan fingerprint density at radius 3 is 2.57 bits per heavy atom. The molecule has 174 valence electrons. The number of hydrogen-bond acceptors (Lipinski definition) is 6. The van der Waals surface area contributed by atoms with E-state index >= 15 is 0 Å². The lowest BCUT2D eigenvalue weighted by atomic mass is 10.0. The molecule has 4 aromatic rings. The molecule has 2 aromatic carbocycles. The number of nitrogens with two attached hydrogens (primary N) is 1. The number of hydrogen-bond donors (Lipinski definition) is 2. The molecule has 2 aromatic heterocycles. The summed E-state index contributed by atoms with van der Waals surface area (Å²) >= 11 is 0. The number of nitrogens with zero attached hydrogens (tertiary/aromatic N) is 1. The molecule has 0 fully saturated rings. The van der Waals surface area contributed by atoms with Crippen LogP contribution in [-0.2, 0) is 16.0 Å². The fourth-order valence-electron chi connectivity index (χ4n) is 4.18. The number of allylic oxidation sites excluding steroid dienone is 1. The third-order valence-corrected chi connectivity index (χ3v) is 5.79. The van der Waals surface area contributed by atoms with Crippen molar-refractivity contribution in [2.45, 2.75) is 12.8 Å². The van der Waals surface area contributed by atoms with Crippen LogP contribution in [0.5, 0.6) is 0 Å². The number of pyridine rings is 1. The van der Waals surface area contributed by atoms with Crippen molar-refractivity contribution in [2.75, 3.05) is 11.9 Å². The van der Waals surface area contributed by atoms with E-state index in [2.05, 4.69) is 5.32 Å². The maximum Gasteiger partial charge on any atom is 0.339 e. The minimum absolute atomic E-state index is 0.327. The topological polar surface area (TPSA) is 125 Å². The molecule has 3 N–H and O–H groups in total. The number of primary amides is 1. The quantitative estimate of drug-likeness (QED) is 0.409. The van der Waals surface area contributed by atoms with Crippen molar-refractivity contribution in [3.05, 3.63) is 95.1 Å². The first-order valence-electron chi connectivity index (χ1n) is 11.0. The fourth-order valence-corrected chi connectivity index (χ4v) is 4.18. The average molecular weight is 467 g/mol. The summed E-state index contributed by atoms with van der Waals surface area (Å²) in [5, 5.41) is 3.31. The second-order valence-corrected chi connectivity index (χ2v) is 8.08. The number of benzene rings is 2. The molecule has 0 saturated heterocycles. The van der Waals surface area contributed by atoms with Gasteiger partial charge in [-0.15, -0.1) is 0 Å². The van der Waals surface area contributed by atoms with Gasteiger partial charge in [0.15, 0.2) is 6.61 Å². The molecule has 35 heavy (non-hydrogen) atoms. The van der Waals surface area contributed by atoms with Crippen molar-refractivity contribution < 1.29 is 23.5 Å². The van der Waals surface area contributed by atoms with Crippen molar-refractivity contribution in [1.82, 2.24) is 4.98 Å². The second kappa shape index (κ2) is 9.26. The number of ether oxygens (including phenoxy) is 1. The van der Waals surface area contributed by atoms with Crippen molar-refractivity contribution in [2.24, 2.45) is 5.73 Å². The molecule has 1 aliphatic carbocycles. The normalized spacial score (nSPS) is 13.5. The number of amides is 2. The molecule has 2 heterocycles. The van der Waals surface area contributed by atoms with Crippen molar-refractivity contribution >= 4 is 46.0 Å². The number of para-hydroxylation sites is 1. The van der Waals surface area contributed by atoms with Gasteiger partial charge >= 0.3 is 5.97 Å². The van der Waals surface area contributed by atoms with Crippen molar-refractivity contribution in [1.29, 1.82) is 0 Å². The third-order valence-electron chi connectivity index (χ3n) is 5.79. The van der Waals surface area contributed by atoms with Crippen LogP contribution in [-0.4, -0.2) is 29.4 Å². The van der Waals surface area contributed by atoms with Gasteiger partial charge in [0.05, 0.1) is 23.0 Å². The Morgan fingerprint density at radius 1 is 1.03 bits per heavy atom. The largest absolute Gasteiger partial charge is 0.465 e. The summed E-state index contributed by atoms with van der Waals surface area (Å²) < 4.78 is 10.9. The molecule has 0 atom stereocenters. The number of nitrogens with one attached hydrogen (secondary N) is 1. The van der Waals surface area contributed by atoms with E-state index in [1.54, 1.807) is 18.4 Å². The molecule has 0 spiro atoms. The van der Waals surface area contributed by atoms with Gasteiger partial charge in [-0.2, -0.15) is 0 Å². The number of anilines is 1. The highest BCUT2D eigenvalue weighted by molar-refractivity contribution is 6.08. The predicted octanol–water partition coefficient (Wildman–Crippen LogP) is 4.21. The summed E-state index contributed by atoms with van der Waals surface area (Å²) in [5.74, 6) is -0.930. The maximum absolute atomic E-state index is 13.2. The van der Waals surface area contributed by atoms with E-state index in [4.69, 9.17) is 19.9 Å². The molecule has 2 amide bonds. The first-order valence-corrected chi connectivity index (χ1v) is 11.0.